The molecule has 0 unspecified atom stereocenters. The van der Waals surface area contributed by atoms with Crippen molar-refractivity contribution in [2.75, 3.05) is 33.3 Å². The van der Waals surface area contributed by atoms with Gasteiger partial charge in [-0.25, -0.2) is 0 Å². The third-order valence-corrected chi connectivity index (χ3v) is 3.57. The van der Waals surface area contributed by atoms with Crippen LogP contribution in [0.1, 0.15) is 29.8 Å². The highest BCUT2D eigenvalue weighted by Gasteiger charge is 2.15. The number of nitriles is 1. The molecule has 0 fully saturated rings. The summed E-state index contributed by atoms with van der Waals surface area (Å²) in [5.41, 5.74) is 0.620. The molecule has 0 aliphatic rings. The Morgan fingerprint density at radius 2 is 2.05 bits per heavy atom. The summed E-state index contributed by atoms with van der Waals surface area (Å²) in [7, 11) is 1.46. The molecule has 0 saturated heterocycles. The molecule has 1 aromatic rings. The summed E-state index contributed by atoms with van der Waals surface area (Å²) < 4.78 is 5.15. The maximum absolute atomic E-state index is 12.2. The van der Waals surface area contributed by atoms with Crippen molar-refractivity contribution in [2.45, 2.75) is 13.8 Å². The highest BCUT2D eigenvalue weighted by Crippen LogP contribution is 2.26. The van der Waals surface area contributed by atoms with E-state index in [0.29, 0.717) is 17.9 Å². The fourth-order valence-electron chi connectivity index (χ4n) is 1.95. The van der Waals surface area contributed by atoms with E-state index in [9.17, 15) is 4.79 Å². The third kappa shape index (κ3) is 5.38. The third-order valence-electron chi connectivity index (χ3n) is 3.26. The van der Waals surface area contributed by atoms with Gasteiger partial charge in [0.1, 0.15) is 11.8 Å². The van der Waals surface area contributed by atoms with E-state index in [1.54, 1.807) is 0 Å². The maximum Gasteiger partial charge on any atom is 0.255 e. The molecule has 1 rings (SSSR count). The van der Waals surface area contributed by atoms with Gasteiger partial charge in [0.25, 0.3) is 5.91 Å². The second kappa shape index (κ2) is 10.3. The molecule has 1 aromatic carbocycles. The highest BCUT2D eigenvalue weighted by atomic mass is 35.5. The van der Waals surface area contributed by atoms with Gasteiger partial charge < -0.3 is 15.0 Å². The summed E-state index contributed by atoms with van der Waals surface area (Å²) in [5, 5.41) is 12.0. The molecule has 122 valence electrons. The number of hydrogen-bond acceptors (Lipinski definition) is 4. The van der Waals surface area contributed by atoms with Crippen LogP contribution < -0.4 is 10.1 Å². The molecule has 0 aliphatic heterocycles. The normalized spacial score (nSPS) is 9.82. The number of carbonyl (C=O) groups excluding carboxylic acids is 1. The lowest BCUT2D eigenvalue weighted by Gasteiger charge is -2.18. The van der Waals surface area contributed by atoms with Crippen LogP contribution in [0.5, 0.6) is 5.75 Å². The van der Waals surface area contributed by atoms with Gasteiger partial charge in [-0.05, 0) is 19.2 Å². The predicted octanol–water partition coefficient (Wildman–Crippen LogP) is 2.71. The average Bonchev–Trinajstić information content (AvgIpc) is 2.51. The van der Waals surface area contributed by atoms with Gasteiger partial charge in [-0.3, -0.25) is 4.79 Å². The lowest BCUT2D eigenvalue weighted by molar-refractivity contribution is 0.0946. The Labute approximate surface area is 142 Å². The Balaban J connectivity index is 0.00000441. The number of amides is 1. The van der Waals surface area contributed by atoms with Crippen LogP contribution in [-0.4, -0.2) is 44.1 Å². The van der Waals surface area contributed by atoms with Gasteiger partial charge in [-0.1, -0.05) is 25.4 Å². The molecule has 0 aliphatic carbocycles. The van der Waals surface area contributed by atoms with Gasteiger partial charge in [-0.15, -0.1) is 12.4 Å². The molecule has 0 spiro atoms. The van der Waals surface area contributed by atoms with Crippen LogP contribution in [-0.2, 0) is 0 Å². The van der Waals surface area contributed by atoms with Crippen LogP contribution in [0.3, 0.4) is 0 Å². The number of ether oxygens (including phenoxy) is 1. The van der Waals surface area contributed by atoms with Crippen LogP contribution in [0.2, 0.25) is 5.02 Å². The SMILES string of the molecule is CCN(CC)CCNC(=O)c1cc(Cl)c(C#N)cc1OC.Cl. The molecule has 1 N–H and O–H groups in total. The van der Waals surface area contributed by atoms with Crippen LogP contribution in [0.4, 0.5) is 0 Å². The Morgan fingerprint density at radius 1 is 1.41 bits per heavy atom. The van der Waals surface area contributed by atoms with Gasteiger partial charge >= 0.3 is 0 Å². The zero-order valence-electron chi connectivity index (χ0n) is 13.0. The lowest BCUT2D eigenvalue weighted by atomic mass is 10.1. The van der Waals surface area contributed by atoms with Crippen molar-refractivity contribution in [3.63, 3.8) is 0 Å². The smallest absolute Gasteiger partial charge is 0.255 e. The van der Waals surface area contributed by atoms with E-state index in [1.165, 1.54) is 19.2 Å². The quantitative estimate of drug-likeness (QED) is 0.824. The molecule has 0 bridgehead atoms. The molecule has 0 aromatic heterocycles. The summed E-state index contributed by atoms with van der Waals surface area (Å²) in [4.78, 5) is 14.4. The molecule has 22 heavy (non-hydrogen) atoms. The highest BCUT2D eigenvalue weighted by molar-refractivity contribution is 6.32. The summed E-state index contributed by atoms with van der Waals surface area (Å²) in [6.45, 7) is 7.37. The van der Waals surface area contributed by atoms with Gasteiger partial charge in [0.2, 0.25) is 0 Å². The molecule has 5 nitrogen and oxygen atoms in total. The number of halogens is 2. The second-order valence-corrected chi connectivity index (χ2v) is 4.83. The fraction of sp³-hybridized carbons (Fsp3) is 0.467. The number of carbonyl (C=O) groups is 1. The molecule has 0 heterocycles. The van der Waals surface area contributed by atoms with Crippen LogP contribution in [0, 0.1) is 11.3 Å². The molecule has 1 amide bonds. The van der Waals surface area contributed by atoms with Gasteiger partial charge in [0.05, 0.1) is 23.3 Å². The van der Waals surface area contributed by atoms with Gasteiger partial charge in [0.15, 0.2) is 0 Å². The number of rotatable bonds is 7. The molecule has 7 heteroatoms. The first-order chi connectivity index (χ1) is 10.1. The minimum atomic E-state index is -0.259. The van der Waals surface area contributed by atoms with Crippen molar-refractivity contribution in [3.8, 4) is 11.8 Å². The Kier molecular flexibility index (Phi) is 9.59. The number of nitrogens with zero attached hydrogens (tertiary/aromatic N) is 2. The number of likely N-dealkylation sites (N-methyl/N-ethyl adjacent to an activating group) is 1. The first kappa shape index (κ1) is 20.5. The molecule has 0 atom stereocenters. The summed E-state index contributed by atoms with van der Waals surface area (Å²) in [6, 6.07) is 4.90. The van der Waals surface area contributed by atoms with Crippen molar-refractivity contribution in [1.82, 2.24) is 10.2 Å². The van der Waals surface area contributed by atoms with Crippen LogP contribution >= 0.6 is 24.0 Å². The van der Waals surface area contributed by atoms with E-state index in [0.717, 1.165) is 19.6 Å². The van der Waals surface area contributed by atoms with E-state index < -0.39 is 0 Å². The van der Waals surface area contributed by atoms with Crippen molar-refractivity contribution in [1.29, 1.82) is 5.26 Å². The van der Waals surface area contributed by atoms with Crippen molar-refractivity contribution < 1.29 is 9.53 Å². The standard InChI is InChI=1S/C15H20ClN3O2.ClH/c1-4-19(5-2)7-6-18-15(20)12-9-13(16)11(10-17)8-14(12)21-3;/h8-9H,4-7H2,1-3H3,(H,18,20);1H. The first-order valence-electron chi connectivity index (χ1n) is 6.85. The minimum absolute atomic E-state index is 0. The number of methoxy groups -OCH3 is 1. The van der Waals surface area contributed by atoms with E-state index >= 15 is 0 Å². The fourth-order valence-corrected chi connectivity index (χ4v) is 2.15. The average molecular weight is 346 g/mol. The summed E-state index contributed by atoms with van der Waals surface area (Å²) >= 11 is 5.97. The first-order valence-corrected chi connectivity index (χ1v) is 7.23. The monoisotopic (exact) mass is 345 g/mol. The zero-order valence-corrected chi connectivity index (χ0v) is 14.6. The largest absolute Gasteiger partial charge is 0.496 e. The Morgan fingerprint density at radius 3 is 2.55 bits per heavy atom. The van der Waals surface area contributed by atoms with E-state index in [-0.39, 0.29) is 28.9 Å². The number of benzene rings is 1. The lowest BCUT2D eigenvalue weighted by Crippen LogP contribution is -2.34. The second-order valence-electron chi connectivity index (χ2n) is 4.43. The van der Waals surface area contributed by atoms with Crippen LogP contribution in [0.15, 0.2) is 12.1 Å². The molecule has 0 radical (unpaired) electrons. The topological polar surface area (TPSA) is 65.4 Å². The Hall–Kier alpha value is -1.48. The minimum Gasteiger partial charge on any atom is -0.496 e. The Bertz CT molecular complexity index is 540. The van der Waals surface area contributed by atoms with Crippen LogP contribution in [0.25, 0.3) is 0 Å². The number of hydrogen-bond donors (Lipinski definition) is 1. The maximum atomic E-state index is 12.2. The van der Waals surface area contributed by atoms with E-state index in [2.05, 4.69) is 24.1 Å². The predicted molar refractivity (Wildman–Crippen MR) is 90.1 cm³/mol. The van der Waals surface area contributed by atoms with Gasteiger partial charge in [-0.2, -0.15) is 5.26 Å². The van der Waals surface area contributed by atoms with Crippen molar-refractivity contribution >= 4 is 29.9 Å². The van der Waals surface area contributed by atoms with Crippen molar-refractivity contribution in [3.05, 3.63) is 28.3 Å². The molecule has 0 saturated carbocycles. The molecular formula is C15H21Cl2N3O2. The molecular weight excluding hydrogens is 325 g/mol. The van der Waals surface area contributed by atoms with Crippen molar-refractivity contribution in [2.24, 2.45) is 0 Å². The van der Waals surface area contributed by atoms with E-state index in [1.807, 2.05) is 6.07 Å². The number of nitrogens with one attached hydrogen (secondary N) is 1. The zero-order chi connectivity index (χ0) is 15.8. The van der Waals surface area contributed by atoms with E-state index in [4.69, 9.17) is 21.6 Å². The summed E-state index contributed by atoms with van der Waals surface area (Å²) in [5.74, 6) is 0.0849. The summed E-state index contributed by atoms with van der Waals surface area (Å²) in [6.07, 6.45) is 0. The van der Waals surface area contributed by atoms with Gasteiger partial charge in [0, 0.05) is 19.2 Å².